The van der Waals surface area contributed by atoms with E-state index in [1.54, 1.807) is 0 Å². The van der Waals surface area contributed by atoms with Gasteiger partial charge >= 0.3 is 0 Å². The molecule has 0 radical (unpaired) electrons. The first kappa shape index (κ1) is 13.7. The summed E-state index contributed by atoms with van der Waals surface area (Å²) in [6, 6.07) is 7.20. The van der Waals surface area contributed by atoms with E-state index >= 15 is 0 Å². The maximum Gasteiger partial charge on any atom is 0.161 e. The van der Waals surface area contributed by atoms with E-state index in [1.807, 2.05) is 0 Å². The Morgan fingerprint density at radius 1 is 1.15 bits per heavy atom. The molecule has 1 saturated carbocycles. The van der Waals surface area contributed by atoms with Gasteiger partial charge in [0.2, 0.25) is 0 Å². The standard InChI is InChI=1S/C17H25NO2/c1-3-13-14(11-15(13)18-4-2)12-6-7-16-17(10-12)20-9-5-8-19-16/h6-7,10,13-15,18H,3-5,8-9,11H2,1-2H3. The Hall–Kier alpha value is -1.22. The molecule has 0 amide bonds. The molecule has 0 spiro atoms. The van der Waals surface area contributed by atoms with E-state index in [0.717, 1.165) is 43.6 Å². The van der Waals surface area contributed by atoms with Crippen LogP contribution < -0.4 is 14.8 Å². The molecule has 110 valence electrons. The number of nitrogens with one attached hydrogen (secondary N) is 1. The Labute approximate surface area is 121 Å². The van der Waals surface area contributed by atoms with Gasteiger partial charge in [-0.2, -0.15) is 0 Å². The molecule has 1 aliphatic carbocycles. The molecular formula is C17H25NO2. The first-order valence-electron chi connectivity index (χ1n) is 7.96. The minimum Gasteiger partial charge on any atom is -0.490 e. The molecule has 3 heteroatoms. The summed E-state index contributed by atoms with van der Waals surface area (Å²) in [5, 5.41) is 3.60. The summed E-state index contributed by atoms with van der Waals surface area (Å²) in [4.78, 5) is 0. The Morgan fingerprint density at radius 3 is 2.70 bits per heavy atom. The lowest BCUT2D eigenvalue weighted by atomic mass is 9.65. The normalized spacial score (nSPS) is 28.6. The first-order chi connectivity index (χ1) is 9.83. The molecule has 1 N–H and O–H groups in total. The second-order valence-electron chi connectivity index (χ2n) is 5.84. The van der Waals surface area contributed by atoms with E-state index in [1.165, 1.54) is 18.4 Å². The van der Waals surface area contributed by atoms with Crippen LogP contribution in [0.2, 0.25) is 0 Å². The summed E-state index contributed by atoms with van der Waals surface area (Å²) < 4.78 is 11.5. The quantitative estimate of drug-likeness (QED) is 0.914. The van der Waals surface area contributed by atoms with Crippen LogP contribution in [0.4, 0.5) is 0 Å². The predicted octanol–water partition coefficient (Wildman–Crippen LogP) is 3.34. The van der Waals surface area contributed by atoms with Gasteiger partial charge in [-0.1, -0.05) is 26.3 Å². The topological polar surface area (TPSA) is 30.5 Å². The summed E-state index contributed by atoms with van der Waals surface area (Å²) in [5.41, 5.74) is 1.41. The minimum absolute atomic E-state index is 0.668. The number of rotatable bonds is 4. The summed E-state index contributed by atoms with van der Waals surface area (Å²) in [6.07, 6.45) is 3.44. The fraction of sp³-hybridized carbons (Fsp3) is 0.647. The van der Waals surface area contributed by atoms with Crippen molar-refractivity contribution in [2.24, 2.45) is 5.92 Å². The molecule has 0 saturated heterocycles. The Morgan fingerprint density at radius 2 is 1.95 bits per heavy atom. The van der Waals surface area contributed by atoms with Crippen molar-refractivity contribution < 1.29 is 9.47 Å². The molecule has 1 aromatic rings. The zero-order valence-electron chi connectivity index (χ0n) is 12.5. The molecule has 1 fully saturated rings. The van der Waals surface area contributed by atoms with Gasteiger partial charge in [-0.05, 0) is 42.5 Å². The van der Waals surface area contributed by atoms with Gasteiger partial charge in [-0.25, -0.2) is 0 Å². The lowest BCUT2D eigenvalue weighted by Gasteiger charge is -2.45. The third-order valence-corrected chi connectivity index (χ3v) is 4.68. The van der Waals surface area contributed by atoms with E-state index < -0.39 is 0 Å². The molecule has 3 rings (SSSR count). The molecule has 20 heavy (non-hydrogen) atoms. The highest BCUT2D eigenvalue weighted by Gasteiger charge is 2.40. The van der Waals surface area contributed by atoms with Crippen molar-refractivity contribution >= 4 is 0 Å². The largest absolute Gasteiger partial charge is 0.490 e. The van der Waals surface area contributed by atoms with Crippen LogP contribution >= 0.6 is 0 Å². The fourth-order valence-corrected chi connectivity index (χ4v) is 3.57. The molecular weight excluding hydrogens is 250 g/mol. The third kappa shape index (κ3) is 2.51. The van der Waals surface area contributed by atoms with Crippen LogP contribution in [0, 0.1) is 5.92 Å². The molecule has 3 atom stereocenters. The van der Waals surface area contributed by atoms with Crippen LogP contribution in [0.1, 0.15) is 44.6 Å². The van der Waals surface area contributed by atoms with E-state index in [2.05, 4.69) is 37.4 Å². The van der Waals surface area contributed by atoms with Crippen molar-refractivity contribution in [2.45, 2.75) is 45.1 Å². The monoisotopic (exact) mass is 275 g/mol. The van der Waals surface area contributed by atoms with E-state index in [4.69, 9.17) is 9.47 Å². The number of fused-ring (bicyclic) bond motifs is 1. The number of ether oxygens (including phenoxy) is 2. The molecule has 1 aromatic carbocycles. The summed E-state index contributed by atoms with van der Waals surface area (Å²) in [6.45, 7) is 7.07. The minimum atomic E-state index is 0.668. The second-order valence-corrected chi connectivity index (χ2v) is 5.84. The Balaban J connectivity index is 1.76. The van der Waals surface area contributed by atoms with Crippen molar-refractivity contribution in [3.8, 4) is 11.5 Å². The van der Waals surface area contributed by atoms with Gasteiger partial charge in [0.15, 0.2) is 11.5 Å². The summed E-state index contributed by atoms with van der Waals surface area (Å²) >= 11 is 0. The van der Waals surface area contributed by atoms with Crippen molar-refractivity contribution in [1.29, 1.82) is 0 Å². The second kappa shape index (κ2) is 6.04. The number of benzene rings is 1. The van der Waals surface area contributed by atoms with Crippen LogP contribution in [-0.2, 0) is 0 Å². The maximum absolute atomic E-state index is 5.81. The fourth-order valence-electron chi connectivity index (χ4n) is 3.57. The molecule has 0 aromatic heterocycles. The van der Waals surface area contributed by atoms with E-state index in [0.29, 0.717) is 12.0 Å². The van der Waals surface area contributed by atoms with E-state index in [9.17, 15) is 0 Å². The highest BCUT2D eigenvalue weighted by atomic mass is 16.5. The van der Waals surface area contributed by atoms with Gasteiger partial charge in [0.05, 0.1) is 13.2 Å². The highest BCUT2D eigenvalue weighted by Crippen LogP contribution is 2.46. The first-order valence-corrected chi connectivity index (χ1v) is 7.96. The Kier molecular flexibility index (Phi) is 4.16. The molecule has 2 aliphatic rings. The summed E-state index contributed by atoms with van der Waals surface area (Å²) in [5.74, 6) is 3.25. The summed E-state index contributed by atoms with van der Waals surface area (Å²) in [7, 11) is 0. The zero-order chi connectivity index (χ0) is 13.9. The SMILES string of the molecule is CCNC1CC(c2ccc3c(c2)OCCCO3)C1CC. The number of hydrogen-bond acceptors (Lipinski definition) is 3. The van der Waals surface area contributed by atoms with Crippen molar-refractivity contribution in [3.05, 3.63) is 23.8 Å². The highest BCUT2D eigenvalue weighted by molar-refractivity contribution is 5.45. The van der Waals surface area contributed by atoms with E-state index in [-0.39, 0.29) is 0 Å². The maximum atomic E-state index is 5.81. The average molecular weight is 275 g/mol. The molecule has 1 aliphatic heterocycles. The smallest absolute Gasteiger partial charge is 0.161 e. The lowest BCUT2D eigenvalue weighted by molar-refractivity contribution is 0.162. The van der Waals surface area contributed by atoms with Crippen molar-refractivity contribution in [2.75, 3.05) is 19.8 Å². The Bertz CT molecular complexity index is 460. The van der Waals surface area contributed by atoms with Crippen LogP contribution in [0.5, 0.6) is 11.5 Å². The molecule has 3 nitrogen and oxygen atoms in total. The van der Waals surface area contributed by atoms with Gasteiger partial charge < -0.3 is 14.8 Å². The van der Waals surface area contributed by atoms with Gasteiger partial charge in [0.25, 0.3) is 0 Å². The van der Waals surface area contributed by atoms with Crippen LogP contribution in [0.25, 0.3) is 0 Å². The predicted molar refractivity (Wildman–Crippen MR) is 80.7 cm³/mol. The number of hydrogen-bond donors (Lipinski definition) is 1. The van der Waals surface area contributed by atoms with Gasteiger partial charge in [0.1, 0.15) is 0 Å². The van der Waals surface area contributed by atoms with Crippen LogP contribution in [0.3, 0.4) is 0 Å². The zero-order valence-corrected chi connectivity index (χ0v) is 12.5. The molecule has 1 heterocycles. The van der Waals surface area contributed by atoms with Crippen molar-refractivity contribution in [1.82, 2.24) is 5.32 Å². The average Bonchev–Trinajstić information content (AvgIpc) is 2.68. The molecule has 3 unspecified atom stereocenters. The van der Waals surface area contributed by atoms with Gasteiger partial charge in [-0.3, -0.25) is 0 Å². The van der Waals surface area contributed by atoms with Gasteiger partial charge in [0, 0.05) is 12.5 Å². The van der Waals surface area contributed by atoms with Crippen LogP contribution in [-0.4, -0.2) is 25.8 Å². The van der Waals surface area contributed by atoms with Crippen molar-refractivity contribution in [3.63, 3.8) is 0 Å². The lowest BCUT2D eigenvalue weighted by Crippen LogP contribution is -2.48. The van der Waals surface area contributed by atoms with Gasteiger partial charge in [-0.15, -0.1) is 0 Å². The third-order valence-electron chi connectivity index (χ3n) is 4.68. The molecule has 0 bridgehead atoms. The van der Waals surface area contributed by atoms with Crippen LogP contribution in [0.15, 0.2) is 18.2 Å².